The van der Waals surface area contributed by atoms with Crippen molar-refractivity contribution < 1.29 is 19.0 Å². The second-order valence-electron chi connectivity index (χ2n) is 8.67. The number of benzene rings is 2. The van der Waals surface area contributed by atoms with E-state index in [1.807, 2.05) is 48.2 Å². The quantitative estimate of drug-likeness (QED) is 0.677. The molecule has 4 rings (SSSR count). The SMILES string of the molecule is CCOc1cc(CN2CCOC3(CCCCN(c4ccccc4)C3=O)C2)c(C)cc1OC. The maximum absolute atomic E-state index is 13.7. The summed E-state index contributed by atoms with van der Waals surface area (Å²) in [6.07, 6.45) is 2.73. The van der Waals surface area contributed by atoms with Crippen LogP contribution in [0.5, 0.6) is 11.5 Å². The van der Waals surface area contributed by atoms with E-state index in [0.717, 1.165) is 61.6 Å². The molecule has 172 valence electrons. The Morgan fingerprint density at radius 1 is 1.09 bits per heavy atom. The van der Waals surface area contributed by atoms with E-state index < -0.39 is 5.60 Å². The molecule has 1 atom stereocenters. The fourth-order valence-corrected chi connectivity index (χ4v) is 4.80. The molecule has 0 aliphatic carbocycles. The molecule has 0 bridgehead atoms. The molecule has 2 aromatic rings. The van der Waals surface area contributed by atoms with Gasteiger partial charge >= 0.3 is 0 Å². The lowest BCUT2D eigenvalue weighted by atomic mass is 9.93. The summed E-state index contributed by atoms with van der Waals surface area (Å²) in [4.78, 5) is 18.0. The number of hydrogen-bond donors (Lipinski definition) is 0. The van der Waals surface area contributed by atoms with Crippen molar-refractivity contribution >= 4 is 11.6 Å². The molecule has 2 heterocycles. The first-order valence-corrected chi connectivity index (χ1v) is 11.6. The highest BCUT2D eigenvalue weighted by molar-refractivity contribution is 6.00. The molecule has 1 spiro atoms. The van der Waals surface area contributed by atoms with E-state index in [2.05, 4.69) is 17.9 Å². The molecule has 2 aliphatic rings. The summed E-state index contributed by atoms with van der Waals surface area (Å²) in [5.74, 6) is 1.61. The molecule has 0 aromatic heterocycles. The van der Waals surface area contributed by atoms with E-state index in [9.17, 15) is 4.79 Å². The van der Waals surface area contributed by atoms with Crippen LogP contribution in [-0.4, -0.2) is 56.4 Å². The van der Waals surface area contributed by atoms with Gasteiger partial charge in [-0.3, -0.25) is 9.69 Å². The number of nitrogens with zero attached hydrogens (tertiary/aromatic N) is 2. The van der Waals surface area contributed by atoms with Gasteiger partial charge in [0.1, 0.15) is 0 Å². The lowest BCUT2D eigenvalue weighted by Crippen LogP contribution is -2.59. The smallest absolute Gasteiger partial charge is 0.260 e. The lowest BCUT2D eigenvalue weighted by molar-refractivity contribution is -0.158. The first-order chi connectivity index (χ1) is 15.6. The van der Waals surface area contributed by atoms with Gasteiger partial charge in [-0.25, -0.2) is 0 Å². The van der Waals surface area contributed by atoms with Crippen molar-refractivity contribution in [3.05, 3.63) is 53.6 Å². The number of carbonyl (C=O) groups is 1. The van der Waals surface area contributed by atoms with Crippen LogP contribution in [0.25, 0.3) is 0 Å². The predicted molar refractivity (Wildman–Crippen MR) is 126 cm³/mol. The number of para-hydroxylation sites is 1. The number of hydrogen-bond acceptors (Lipinski definition) is 5. The van der Waals surface area contributed by atoms with Gasteiger partial charge in [-0.05, 0) is 68.5 Å². The van der Waals surface area contributed by atoms with Gasteiger partial charge in [-0.1, -0.05) is 18.2 Å². The Kier molecular flexibility index (Phi) is 7.01. The van der Waals surface area contributed by atoms with Crippen molar-refractivity contribution in [2.45, 2.75) is 45.3 Å². The van der Waals surface area contributed by atoms with Crippen molar-refractivity contribution in [2.75, 3.05) is 44.9 Å². The Hall–Kier alpha value is -2.57. The Morgan fingerprint density at radius 3 is 2.66 bits per heavy atom. The van der Waals surface area contributed by atoms with E-state index in [1.165, 1.54) is 5.56 Å². The number of anilines is 1. The summed E-state index contributed by atoms with van der Waals surface area (Å²) in [6.45, 7) is 8.10. The van der Waals surface area contributed by atoms with Crippen LogP contribution in [0.15, 0.2) is 42.5 Å². The number of amides is 1. The molecule has 0 radical (unpaired) electrons. The van der Waals surface area contributed by atoms with E-state index in [1.54, 1.807) is 7.11 Å². The third-order valence-corrected chi connectivity index (χ3v) is 6.50. The summed E-state index contributed by atoms with van der Waals surface area (Å²) in [5, 5.41) is 0. The van der Waals surface area contributed by atoms with Gasteiger partial charge in [0, 0.05) is 31.9 Å². The van der Waals surface area contributed by atoms with Crippen molar-refractivity contribution in [1.29, 1.82) is 0 Å². The molecular formula is C26H34N2O4. The maximum atomic E-state index is 13.7. The molecule has 2 aliphatic heterocycles. The van der Waals surface area contributed by atoms with Crippen LogP contribution < -0.4 is 14.4 Å². The van der Waals surface area contributed by atoms with E-state index in [4.69, 9.17) is 14.2 Å². The fourth-order valence-electron chi connectivity index (χ4n) is 4.80. The Labute approximate surface area is 191 Å². The van der Waals surface area contributed by atoms with Gasteiger partial charge in [0.25, 0.3) is 5.91 Å². The number of aryl methyl sites for hydroxylation is 1. The summed E-state index contributed by atoms with van der Waals surface area (Å²) in [5.41, 5.74) is 2.51. The second-order valence-corrected chi connectivity index (χ2v) is 8.67. The minimum Gasteiger partial charge on any atom is -0.493 e. The highest BCUT2D eigenvalue weighted by atomic mass is 16.5. The van der Waals surface area contributed by atoms with Gasteiger partial charge in [0.15, 0.2) is 17.1 Å². The molecular weight excluding hydrogens is 404 g/mol. The van der Waals surface area contributed by atoms with E-state index in [0.29, 0.717) is 19.8 Å². The highest BCUT2D eigenvalue weighted by Crippen LogP contribution is 2.35. The molecule has 6 nitrogen and oxygen atoms in total. The van der Waals surface area contributed by atoms with Crippen LogP contribution in [0.2, 0.25) is 0 Å². The van der Waals surface area contributed by atoms with Crippen LogP contribution in [0.1, 0.15) is 37.3 Å². The zero-order valence-electron chi connectivity index (χ0n) is 19.4. The molecule has 1 unspecified atom stereocenters. The number of ether oxygens (including phenoxy) is 3. The van der Waals surface area contributed by atoms with Crippen LogP contribution in [-0.2, 0) is 16.1 Å². The molecule has 2 fully saturated rings. The zero-order chi connectivity index (χ0) is 22.6. The molecule has 2 saturated heterocycles. The van der Waals surface area contributed by atoms with Gasteiger partial charge in [-0.2, -0.15) is 0 Å². The Bertz CT molecular complexity index is 933. The van der Waals surface area contributed by atoms with E-state index >= 15 is 0 Å². The standard InChI is InChI=1S/C26H34N2O4/c1-4-31-24-17-21(20(2)16-23(24)30-3)18-27-14-15-32-26(19-27)12-8-9-13-28(25(26)29)22-10-6-5-7-11-22/h5-7,10-11,16-17H,4,8-9,12-15,18-19H2,1-3H3. The van der Waals surface area contributed by atoms with Crippen LogP contribution >= 0.6 is 0 Å². The maximum Gasteiger partial charge on any atom is 0.260 e. The monoisotopic (exact) mass is 438 g/mol. The number of rotatable bonds is 6. The van der Waals surface area contributed by atoms with Crippen LogP contribution in [0, 0.1) is 6.92 Å². The molecule has 32 heavy (non-hydrogen) atoms. The largest absolute Gasteiger partial charge is 0.493 e. The summed E-state index contributed by atoms with van der Waals surface area (Å²) >= 11 is 0. The summed E-state index contributed by atoms with van der Waals surface area (Å²) in [7, 11) is 1.67. The van der Waals surface area contributed by atoms with Gasteiger partial charge in [0.05, 0.1) is 20.3 Å². The summed E-state index contributed by atoms with van der Waals surface area (Å²) in [6, 6.07) is 14.1. The average Bonchev–Trinajstić information content (AvgIpc) is 2.96. The first-order valence-electron chi connectivity index (χ1n) is 11.6. The molecule has 6 heteroatoms. The average molecular weight is 439 g/mol. The number of carbonyl (C=O) groups excluding carboxylic acids is 1. The minimum absolute atomic E-state index is 0.0901. The number of morpholine rings is 1. The van der Waals surface area contributed by atoms with Crippen LogP contribution in [0.4, 0.5) is 5.69 Å². The summed E-state index contributed by atoms with van der Waals surface area (Å²) < 4.78 is 17.5. The van der Waals surface area contributed by atoms with Gasteiger partial charge in [0.2, 0.25) is 0 Å². The first kappa shape index (κ1) is 22.6. The molecule has 2 aromatic carbocycles. The molecule has 0 saturated carbocycles. The zero-order valence-corrected chi connectivity index (χ0v) is 19.4. The second kappa shape index (κ2) is 9.92. The third-order valence-electron chi connectivity index (χ3n) is 6.50. The van der Waals surface area contributed by atoms with Crippen LogP contribution in [0.3, 0.4) is 0 Å². The van der Waals surface area contributed by atoms with Crippen molar-refractivity contribution in [3.63, 3.8) is 0 Å². The predicted octanol–water partition coefficient (Wildman–Crippen LogP) is 4.19. The molecule has 0 N–H and O–H groups in total. The fraction of sp³-hybridized carbons (Fsp3) is 0.500. The van der Waals surface area contributed by atoms with Crippen molar-refractivity contribution in [1.82, 2.24) is 4.90 Å². The van der Waals surface area contributed by atoms with Crippen molar-refractivity contribution in [3.8, 4) is 11.5 Å². The molecule has 1 amide bonds. The normalized spacial score (nSPS) is 22.1. The Balaban J connectivity index is 1.56. The Morgan fingerprint density at radius 2 is 1.91 bits per heavy atom. The van der Waals surface area contributed by atoms with Gasteiger partial charge < -0.3 is 19.1 Å². The number of methoxy groups -OCH3 is 1. The lowest BCUT2D eigenvalue weighted by Gasteiger charge is -2.43. The third kappa shape index (κ3) is 4.62. The van der Waals surface area contributed by atoms with Gasteiger partial charge in [-0.15, -0.1) is 0 Å². The minimum atomic E-state index is -0.784. The topological polar surface area (TPSA) is 51.2 Å². The highest BCUT2D eigenvalue weighted by Gasteiger charge is 2.47. The van der Waals surface area contributed by atoms with Crippen molar-refractivity contribution in [2.24, 2.45) is 0 Å². The van der Waals surface area contributed by atoms with E-state index in [-0.39, 0.29) is 5.91 Å².